The van der Waals surface area contributed by atoms with Crippen molar-refractivity contribution in [3.8, 4) is 5.75 Å². The van der Waals surface area contributed by atoms with E-state index in [0.717, 1.165) is 43.6 Å². The maximum Gasteiger partial charge on any atom is 0.284 e. The van der Waals surface area contributed by atoms with Gasteiger partial charge in [0.25, 0.3) is 5.91 Å². The molecule has 0 spiro atoms. The van der Waals surface area contributed by atoms with Crippen LogP contribution in [-0.2, 0) is 6.54 Å². The molecule has 1 saturated heterocycles. The minimum atomic E-state index is -0.571. The van der Waals surface area contributed by atoms with E-state index >= 15 is 0 Å². The fourth-order valence-corrected chi connectivity index (χ4v) is 3.15. The minimum Gasteiger partial charge on any atom is -0.495 e. The molecule has 2 heterocycles. The molecule has 1 aromatic heterocycles. The highest BCUT2D eigenvalue weighted by Crippen LogP contribution is 2.28. The van der Waals surface area contributed by atoms with Gasteiger partial charge in [0, 0.05) is 33.2 Å². The molecule has 3 N–H and O–H groups in total. The number of methoxy groups -OCH3 is 1. The summed E-state index contributed by atoms with van der Waals surface area (Å²) in [7, 11) is 3.45. The lowest BCUT2D eigenvalue weighted by Crippen LogP contribution is -2.52. The molecule has 0 aliphatic carbocycles. The van der Waals surface area contributed by atoms with Crippen LogP contribution in [0.3, 0.4) is 0 Å². The van der Waals surface area contributed by atoms with Crippen molar-refractivity contribution in [2.45, 2.75) is 6.54 Å². The second-order valence-electron chi connectivity index (χ2n) is 6.18. The lowest BCUT2D eigenvalue weighted by atomic mass is 10.2. The number of nitrogens with zero attached hydrogens (tertiary/aromatic N) is 3. The number of rotatable bonds is 5. The number of anilines is 1. The third-order valence-electron chi connectivity index (χ3n) is 4.54. The van der Waals surface area contributed by atoms with E-state index in [9.17, 15) is 4.79 Å². The van der Waals surface area contributed by atoms with E-state index in [1.807, 2.05) is 18.2 Å². The number of carbonyl (C=O) groups is 1. The monoisotopic (exact) mass is 371 g/mol. The number of hydrogen-bond acceptors (Lipinski definition) is 5. The van der Waals surface area contributed by atoms with E-state index < -0.39 is 5.91 Å². The minimum absolute atomic E-state index is 0.159. The van der Waals surface area contributed by atoms with Crippen LogP contribution in [0.4, 0.5) is 5.69 Å². The second kappa shape index (κ2) is 8.48. The molecular weight excluding hydrogens is 346 g/mol. The molecule has 1 aromatic carbocycles. The SMILES string of the molecule is CN=C(NCc1ccc(C(N)=O)o1)N1CCN(c2ccccc2OC)CC1. The maximum atomic E-state index is 11.1. The first-order valence-corrected chi connectivity index (χ1v) is 8.84. The molecule has 0 radical (unpaired) electrons. The Hall–Kier alpha value is -3.16. The summed E-state index contributed by atoms with van der Waals surface area (Å²) >= 11 is 0. The number of carbonyl (C=O) groups excluding carboxylic acids is 1. The first-order chi connectivity index (χ1) is 13.1. The van der Waals surface area contributed by atoms with Crippen LogP contribution in [-0.4, -0.2) is 57.1 Å². The van der Waals surface area contributed by atoms with Crippen LogP contribution in [0.15, 0.2) is 45.8 Å². The predicted octanol–water partition coefficient (Wildman–Crippen LogP) is 1.28. The molecular formula is C19H25N5O3. The molecule has 3 rings (SSSR count). The van der Waals surface area contributed by atoms with Crippen molar-refractivity contribution in [2.24, 2.45) is 10.7 Å². The number of nitrogens with one attached hydrogen (secondary N) is 1. The Morgan fingerprint density at radius 2 is 1.96 bits per heavy atom. The standard InChI is InChI=1S/C19H25N5O3/c1-21-19(22-13-14-7-8-17(27-14)18(20)25)24-11-9-23(10-12-24)15-5-3-4-6-16(15)26-2/h3-8H,9-13H2,1-2H3,(H2,20,25)(H,21,22). The number of guanidine groups is 1. The van der Waals surface area contributed by atoms with Crippen molar-refractivity contribution in [3.05, 3.63) is 47.9 Å². The van der Waals surface area contributed by atoms with Gasteiger partial charge in [0.05, 0.1) is 19.3 Å². The summed E-state index contributed by atoms with van der Waals surface area (Å²) in [4.78, 5) is 20.0. The van der Waals surface area contributed by atoms with Gasteiger partial charge < -0.3 is 30.0 Å². The lowest BCUT2D eigenvalue weighted by molar-refractivity contribution is 0.0972. The average molecular weight is 371 g/mol. The summed E-state index contributed by atoms with van der Waals surface area (Å²) in [5, 5.41) is 3.27. The van der Waals surface area contributed by atoms with Gasteiger partial charge in [-0.1, -0.05) is 12.1 Å². The molecule has 8 heteroatoms. The molecule has 2 aromatic rings. The fourth-order valence-electron chi connectivity index (χ4n) is 3.15. The first kappa shape index (κ1) is 18.6. The Morgan fingerprint density at radius 3 is 2.59 bits per heavy atom. The number of nitrogens with two attached hydrogens (primary N) is 1. The Bertz CT molecular complexity index is 809. The summed E-state index contributed by atoms with van der Waals surface area (Å²) in [5.41, 5.74) is 6.32. The molecule has 0 atom stereocenters. The van der Waals surface area contributed by atoms with Crippen molar-refractivity contribution in [2.75, 3.05) is 45.2 Å². The summed E-state index contributed by atoms with van der Waals surface area (Å²) in [6, 6.07) is 11.4. The Morgan fingerprint density at radius 1 is 1.22 bits per heavy atom. The van der Waals surface area contributed by atoms with E-state index in [-0.39, 0.29) is 5.76 Å². The van der Waals surface area contributed by atoms with Crippen molar-refractivity contribution in [1.82, 2.24) is 10.2 Å². The number of benzene rings is 1. The highest BCUT2D eigenvalue weighted by atomic mass is 16.5. The predicted molar refractivity (Wildman–Crippen MR) is 104 cm³/mol. The van der Waals surface area contributed by atoms with E-state index in [1.165, 1.54) is 0 Å². The van der Waals surface area contributed by atoms with Gasteiger partial charge in [0.1, 0.15) is 11.5 Å². The van der Waals surface area contributed by atoms with Gasteiger partial charge >= 0.3 is 0 Å². The van der Waals surface area contributed by atoms with Crippen molar-refractivity contribution in [3.63, 3.8) is 0 Å². The summed E-state index contributed by atoms with van der Waals surface area (Å²) in [6.07, 6.45) is 0. The largest absolute Gasteiger partial charge is 0.495 e. The third-order valence-corrected chi connectivity index (χ3v) is 4.54. The highest BCUT2D eigenvalue weighted by Gasteiger charge is 2.21. The van der Waals surface area contributed by atoms with Crippen LogP contribution in [0.2, 0.25) is 0 Å². The molecule has 144 valence electrons. The normalized spacial score (nSPS) is 15.0. The highest BCUT2D eigenvalue weighted by molar-refractivity contribution is 5.89. The zero-order valence-electron chi connectivity index (χ0n) is 15.6. The number of piperazine rings is 1. The van der Waals surface area contributed by atoms with Crippen LogP contribution in [0.25, 0.3) is 0 Å². The van der Waals surface area contributed by atoms with E-state index in [1.54, 1.807) is 26.3 Å². The van der Waals surface area contributed by atoms with Gasteiger partial charge in [-0.3, -0.25) is 9.79 Å². The summed E-state index contributed by atoms with van der Waals surface area (Å²) in [6.45, 7) is 3.85. The Balaban J connectivity index is 1.56. The van der Waals surface area contributed by atoms with Crippen LogP contribution in [0, 0.1) is 0 Å². The van der Waals surface area contributed by atoms with Crippen LogP contribution in [0.1, 0.15) is 16.3 Å². The summed E-state index contributed by atoms with van der Waals surface area (Å²) in [5.74, 6) is 1.91. The average Bonchev–Trinajstić information content (AvgIpc) is 3.18. The van der Waals surface area contributed by atoms with Gasteiger partial charge in [-0.25, -0.2) is 0 Å². The Labute approximate surface area is 158 Å². The van der Waals surface area contributed by atoms with Crippen LogP contribution >= 0.6 is 0 Å². The quantitative estimate of drug-likeness (QED) is 0.607. The van der Waals surface area contributed by atoms with Gasteiger partial charge in [-0.05, 0) is 24.3 Å². The van der Waals surface area contributed by atoms with Crippen molar-refractivity contribution < 1.29 is 13.9 Å². The summed E-state index contributed by atoms with van der Waals surface area (Å²) < 4.78 is 10.9. The van der Waals surface area contributed by atoms with Gasteiger partial charge in [0.15, 0.2) is 11.7 Å². The van der Waals surface area contributed by atoms with E-state index in [2.05, 4.69) is 26.2 Å². The number of aliphatic imine (C=N–C) groups is 1. The molecule has 1 fully saturated rings. The topological polar surface area (TPSA) is 96.3 Å². The molecule has 1 amide bonds. The smallest absolute Gasteiger partial charge is 0.284 e. The van der Waals surface area contributed by atoms with Crippen LogP contribution in [0.5, 0.6) is 5.75 Å². The number of amides is 1. The van der Waals surface area contributed by atoms with Gasteiger partial charge in [-0.15, -0.1) is 0 Å². The molecule has 27 heavy (non-hydrogen) atoms. The van der Waals surface area contributed by atoms with Crippen molar-refractivity contribution in [1.29, 1.82) is 0 Å². The van der Waals surface area contributed by atoms with Crippen molar-refractivity contribution >= 4 is 17.6 Å². The number of ether oxygens (including phenoxy) is 1. The van der Waals surface area contributed by atoms with E-state index in [4.69, 9.17) is 14.9 Å². The number of para-hydroxylation sites is 2. The molecule has 1 aliphatic heterocycles. The fraction of sp³-hybridized carbons (Fsp3) is 0.368. The lowest BCUT2D eigenvalue weighted by Gasteiger charge is -2.38. The first-order valence-electron chi connectivity index (χ1n) is 8.84. The van der Waals surface area contributed by atoms with E-state index in [0.29, 0.717) is 12.3 Å². The number of furan rings is 1. The number of primary amides is 1. The number of hydrogen-bond donors (Lipinski definition) is 2. The molecule has 0 unspecified atom stereocenters. The molecule has 0 bridgehead atoms. The zero-order chi connectivity index (χ0) is 19.2. The third kappa shape index (κ3) is 4.33. The molecule has 1 aliphatic rings. The Kier molecular flexibility index (Phi) is 5.85. The second-order valence-corrected chi connectivity index (χ2v) is 6.18. The van der Waals surface area contributed by atoms with Gasteiger partial charge in [-0.2, -0.15) is 0 Å². The molecule has 8 nitrogen and oxygen atoms in total. The zero-order valence-corrected chi connectivity index (χ0v) is 15.6. The maximum absolute atomic E-state index is 11.1. The molecule has 0 saturated carbocycles. The van der Waals surface area contributed by atoms with Crippen LogP contribution < -0.4 is 20.7 Å². The van der Waals surface area contributed by atoms with Gasteiger partial charge in [0.2, 0.25) is 0 Å².